The van der Waals surface area contributed by atoms with Gasteiger partial charge in [-0.2, -0.15) is 5.10 Å². The number of terminal acetylenes is 1. The van der Waals surface area contributed by atoms with Crippen LogP contribution in [0, 0.1) is 12.3 Å². The zero-order valence-electron chi connectivity index (χ0n) is 19.7. The fraction of sp³-hybridized carbons (Fsp3) is 0.370. The highest BCUT2D eigenvalue weighted by molar-refractivity contribution is 5.65. The van der Waals surface area contributed by atoms with Crippen LogP contribution in [0.5, 0.6) is 17.4 Å². The lowest BCUT2D eigenvalue weighted by molar-refractivity contribution is 0.0241. The van der Waals surface area contributed by atoms with Gasteiger partial charge in [-0.1, -0.05) is 36.3 Å². The Labute approximate surface area is 200 Å². The van der Waals surface area contributed by atoms with Crippen molar-refractivity contribution in [2.75, 3.05) is 26.9 Å². The molecule has 4 rings (SSSR count). The maximum absolute atomic E-state index is 10.5. The number of hydrogen-bond donors (Lipinski definition) is 1. The lowest BCUT2D eigenvalue weighted by Crippen LogP contribution is -2.36. The summed E-state index contributed by atoms with van der Waals surface area (Å²) in [6, 6.07) is 18.0. The van der Waals surface area contributed by atoms with E-state index in [1.807, 2.05) is 61.6 Å². The van der Waals surface area contributed by atoms with Crippen molar-refractivity contribution in [3.8, 4) is 41.0 Å². The summed E-state index contributed by atoms with van der Waals surface area (Å²) in [5.74, 6) is 4.58. The molecule has 1 fully saturated rings. The average Bonchev–Trinajstić information content (AvgIpc) is 3.66. The standard InChI is InChI=1S/C27H31N3O4/c1-4-16-33-19-22(31)17-30(21-10-11-21)18-25-26(20-8-6-5-7-9-20)28-29(2)27(25)34-24-14-12-23(32-3)13-15-24/h1,5-9,12-15,21-22,31H,10-11,16-19H2,2-3H3/t22-/m0/s1. The zero-order chi connectivity index (χ0) is 23.9. The van der Waals surface area contributed by atoms with E-state index in [0.29, 0.717) is 30.8 Å². The molecular weight excluding hydrogens is 430 g/mol. The molecule has 34 heavy (non-hydrogen) atoms. The predicted octanol–water partition coefficient (Wildman–Crippen LogP) is 3.86. The molecule has 1 atom stereocenters. The van der Waals surface area contributed by atoms with E-state index in [-0.39, 0.29) is 13.2 Å². The van der Waals surface area contributed by atoms with Crippen LogP contribution in [0.4, 0.5) is 0 Å². The van der Waals surface area contributed by atoms with Crippen LogP contribution >= 0.6 is 0 Å². The Balaban J connectivity index is 1.63. The van der Waals surface area contributed by atoms with E-state index < -0.39 is 6.10 Å². The fourth-order valence-corrected chi connectivity index (χ4v) is 3.97. The van der Waals surface area contributed by atoms with Crippen molar-refractivity contribution in [3.05, 3.63) is 60.2 Å². The van der Waals surface area contributed by atoms with Crippen molar-refractivity contribution in [1.82, 2.24) is 14.7 Å². The van der Waals surface area contributed by atoms with Gasteiger partial charge in [0.05, 0.1) is 25.4 Å². The smallest absolute Gasteiger partial charge is 0.222 e. The van der Waals surface area contributed by atoms with Gasteiger partial charge < -0.3 is 19.3 Å². The molecule has 1 aliphatic rings. The van der Waals surface area contributed by atoms with Crippen LogP contribution in [0.1, 0.15) is 18.4 Å². The molecule has 0 amide bonds. The topological polar surface area (TPSA) is 69.0 Å². The number of aromatic nitrogens is 2. The van der Waals surface area contributed by atoms with Gasteiger partial charge in [0.25, 0.3) is 0 Å². The summed E-state index contributed by atoms with van der Waals surface area (Å²) in [6.07, 6.45) is 6.83. The van der Waals surface area contributed by atoms with Crippen LogP contribution in [-0.4, -0.2) is 58.8 Å². The first-order chi connectivity index (χ1) is 16.6. The maximum Gasteiger partial charge on any atom is 0.222 e. The first kappa shape index (κ1) is 23.8. The van der Waals surface area contributed by atoms with E-state index in [4.69, 9.17) is 25.7 Å². The number of hydrogen-bond acceptors (Lipinski definition) is 6. The lowest BCUT2D eigenvalue weighted by Gasteiger charge is -2.25. The van der Waals surface area contributed by atoms with Gasteiger partial charge in [0.2, 0.25) is 5.88 Å². The van der Waals surface area contributed by atoms with Crippen molar-refractivity contribution in [2.45, 2.75) is 31.5 Å². The Morgan fingerprint density at radius 2 is 1.85 bits per heavy atom. The van der Waals surface area contributed by atoms with Gasteiger partial charge in [-0.3, -0.25) is 4.90 Å². The van der Waals surface area contributed by atoms with Gasteiger partial charge in [-0.05, 0) is 37.1 Å². The Kier molecular flexibility index (Phi) is 7.86. The summed E-state index contributed by atoms with van der Waals surface area (Å²) >= 11 is 0. The van der Waals surface area contributed by atoms with E-state index in [9.17, 15) is 5.11 Å². The number of ether oxygens (including phenoxy) is 3. The van der Waals surface area contributed by atoms with Gasteiger partial charge >= 0.3 is 0 Å². The van der Waals surface area contributed by atoms with Crippen LogP contribution in [0.2, 0.25) is 0 Å². The molecule has 0 saturated heterocycles. The van der Waals surface area contributed by atoms with Crippen LogP contribution in [0.3, 0.4) is 0 Å². The number of aliphatic hydroxyl groups excluding tert-OH is 1. The van der Waals surface area contributed by atoms with Crippen molar-refractivity contribution in [3.63, 3.8) is 0 Å². The van der Waals surface area contributed by atoms with Gasteiger partial charge in [-0.15, -0.1) is 6.42 Å². The van der Waals surface area contributed by atoms with Gasteiger partial charge in [0.1, 0.15) is 23.8 Å². The number of aliphatic hydroxyl groups is 1. The molecule has 1 N–H and O–H groups in total. The number of nitrogens with zero attached hydrogens (tertiary/aromatic N) is 3. The maximum atomic E-state index is 10.5. The Bertz CT molecular complexity index is 1100. The van der Waals surface area contributed by atoms with E-state index >= 15 is 0 Å². The molecule has 0 radical (unpaired) electrons. The third kappa shape index (κ3) is 5.97. The van der Waals surface area contributed by atoms with Gasteiger partial charge in [0, 0.05) is 31.7 Å². The minimum atomic E-state index is -0.628. The van der Waals surface area contributed by atoms with Crippen LogP contribution in [0.25, 0.3) is 11.3 Å². The third-order valence-corrected chi connectivity index (χ3v) is 5.77. The second-order valence-corrected chi connectivity index (χ2v) is 8.43. The number of methoxy groups -OCH3 is 1. The molecule has 1 aromatic heterocycles. The Hall–Kier alpha value is -3.31. The second kappa shape index (κ2) is 11.2. The van der Waals surface area contributed by atoms with E-state index in [0.717, 1.165) is 35.4 Å². The highest BCUT2D eigenvalue weighted by atomic mass is 16.5. The summed E-state index contributed by atoms with van der Waals surface area (Å²) in [6.45, 7) is 1.49. The van der Waals surface area contributed by atoms with Crippen molar-refractivity contribution in [1.29, 1.82) is 0 Å². The summed E-state index contributed by atoms with van der Waals surface area (Å²) in [5.41, 5.74) is 2.87. The number of aryl methyl sites for hydroxylation is 1. The second-order valence-electron chi connectivity index (χ2n) is 8.43. The molecule has 0 unspecified atom stereocenters. The molecule has 1 saturated carbocycles. The minimum Gasteiger partial charge on any atom is -0.497 e. The summed E-state index contributed by atoms with van der Waals surface area (Å²) < 4.78 is 18.7. The molecule has 178 valence electrons. The van der Waals surface area contributed by atoms with Crippen LogP contribution in [0.15, 0.2) is 54.6 Å². The normalized spacial score (nSPS) is 14.1. The molecule has 0 bridgehead atoms. The first-order valence-corrected chi connectivity index (χ1v) is 11.5. The highest BCUT2D eigenvalue weighted by Crippen LogP contribution is 2.37. The molecule has 0 spiro atoms. The largest absolute Gasteiger partial charge is 0.497 e. The average molecular weight is 462 g/mol. The molecule has 1 aliphatic carbocycles. The SMILES string of the molecule is C#CCOC[C@@H](O)CN(Cc1c(-c2ccccc2)nn(C)c1Oc1ccc(OC)cc1)C1CC1. The van der Waals surface area contributed by atoms with E-state index in [1.165, 1.54) is 0 Å². The van der Waals surface area contributed by atoms with Gasteiger partial charge in [0.15, 0.2) is 0 Å². The minimum absolute atomic E-state index is 0.196. The lowest BCUT2D eigenvalue weighted by atomic mass is 10.1. The van der Waals surface area contributed by atoms with Crippen molar-refractivity contribution in [2.24, 2.45) is 7.05 Å². The molecule has 1 heterocycles. The highest BCUT2D eigenvalue weighted by Gasteiger charge is 2.33. The van der Waals surface area contributed by atoms with Crippen LogP contribution in [-0.2, 0) is 18.3 Å². The quantitative estimate of drug-likeness (QED) is 0.326. The molecule has 2 aromatic carbocycles. The van der Waals surface area contributed by atoms with Crippen molar-refractivity contribution >= 4 is 0 Å². The van der Waals surface area contributed by atoms with E-state index in [1.54, 1.807) is 11.8 Å². The predicted molar refractivity (Wildman–Crippen MR) is 131 cm³/mol. The number of rotatable bonds is 12. The first-order valence-electron chi connectivity index (χ1n) is 11.5. The molecule has 3 aromatic rings. The zero-order valence-corrected chi connectivity index (χ0v) is 19.7. The molecule has 7 heteroatoms. The molecule has 7 nitrogen and oxygen atoms in total. The molecular formula is C27H31N3O4. The fourth-order valence-electron chi connectivity index (χ4n) is 3.97. The monoisotopic (exact) mass is 461 g/mol. The Morgan fingerprint density at radius 1 is 1.15 bits per heavy atom. The Morgan fingerprint density at radius 3 is 2.50 bits per heavy atom. The van der Waals surface area contributed by atoms with Crippen molar-refractivity contribution < 1.29 is 19.3 Å². The van der Waals surface area contributed by atoms with E-state index in [2.05, 4.69) is 10.8 Å². The third-order valence-electron chi connectivity index (χ3n) is 5.77. The summed E-state index contributed by atoms with van der Waals surface area (Å²) in [7, 11) is 3.53. The molecule has 0 aliphatic heterocycles. The summed E-state index contributed by atoms with van der Waals surface area (Å²) in [5, 5.41) is 15.4. The number of benzene rings is 2. The summed E-state index contributed by atoms with van der Waals surface area (Å²) in [4.78, 5) is 2.29. The van der Waals surface area contributed by atoms with Gasteiger partial charge in [-0.25, -0.2) is 4.68 Å². The van der Waals surface area contributed by atoms with Crippen LogP contribution < -0.4 is 9.47 Å².